The molecular formula is C9H14N4OS. The summed E-state index contributed by atoms with van der Waals surface area (Å²) in [5.74, 6) is -0.0592. The number of hydrogen-bond donors (Lipinski definition) is 1. The standard InChI is InChI=1S/C9H14N4OS/c1-13(6-4-2-3-5-6)8(14)7-11-12-9(10)15-7/h6H,2-5H2,1H3,(H2,10,12). The number of carbonyl (C=O) groups is 1. The third-order valence-electron chi connectivity index (χ3n) is 2.82. The monoisotopic (exact) mass is 226 g/mol. The molecule has 1 heterocycles. The number of anilines is 1. The fraction of sp³-hybridized carbons (Fsp3) is 0.667. The maximum absolute atomic E-state index is 11.9. The Morgan fingerprint density at radius 3 is 2.67 bits per heavy atom. The first kappa shape index (κ1) is 10.4. The highest BCUT2D eigenvalue weighted by Gasteiger charge is 2.26. The van der Waals surface area contributed by atoms with E-state index in [1.165, 1.54) is 12.8 Å². The van der Waals surface area contributed by atoms with Gasteiger partial charge in [0.05, 0.1) is 0 Å². The molecule has 1 amide bonds. The van der Waals surface area contributed by atoms with Gasteiger partial charge in [-0.05, 0) is 12.8 Å². The fourth-order valence-electron chi connectivity index (χ4n) is 1.93. The van der Waals surface area contributed by atoms with Crippen molar-refractivity contribution in [2.24, 2.45) is 0 Å². The molecule has 82 valence electrons. The summed E-state index contributed by atoms with van der Waals surface area (Å²) in [6, 6.07) is 0.364. The quantitative estimate of drug-likeness (QED) is 0.820. The van der Waals surface area contributed by atoms with Crippen molar-refractivity contribution in [3.63, 3.8) is 0 Å². The van der Waals surface area contributed by atoms with Crippen LogP contribution in [-0.4, -0.2) is 34.1 Å². The highest BCUT2D eigenvalue weighted by molar-refractivity contribution is 7.16. The minimum atomic E-state index is -0.0592. The zero-order chi connectivity index (χ0) is 10.8. The number of nitrogens with zero attached hydrogens (tertiary/aromatic N) is 3. The summed E-state index contributed by atoms with van der Waals surface area (Å²) in [4.78, 5) is 13.7. The third kappa shape index (κ3) is 2.09. The highest BCUT2D eigenvalue weighted by Crippen LogP contribution is 2.24. The first-order valence-electron chi connectivity index (χ1n) is 5.04. The molecule has 0 spiro atoms. The van der Waals surface area contributed by atoms with Crippen molar-refractivity contribution >= 4 is 22.4 Å². The number of aromatic nitrogens is 2. The van der Waals surface area contributed by atoms with Crippen LogP contribution in [0, 0.1) is 0 Å². The van der Waals surface area contributed by atoms with E-state index >= 15 is 0 Å². The van der Waals surface area contributed by atoms with Gasteiger partial charge in [0.25, 0.3) is 5.91 Å². The van der Waals surface area contributed by atoms with Gasteiger partial charge in [-0.1, -0.05) is 24.2 Å². The van der Waals surface area contributed by atoms with Crippen LogP contribution >= 0.6 is 11.3 Å². The van der Waals surface area contributed by atoms with Crippen LogP contribution in [0.15, 0.2) is 0 Å². The van der Waals surface area contributed by atoms with Crippen LogP contribution in [0.2, 0.25) is 0 Å². The lowest BCUT2D eigenvalue weighted by molar-refractivity contribution is 0.0734. The molecule has 1 saturated carbocycles. The zero-order valence-electron chi connectivity index (χ0n) is 8.64. The van der Waals surface area contributed by atoms with E-state index in [-0.39, 0.29) is 5.91 Å². The largest absolute Gasteiger partial charge is 0.374 e. The molecule has 5 nitrogen and oxygen atoms in total. The van der Waals surface area contributed by atoms with Crippen LogP contribution in [0.4, 0.5) is 5.13 Å². The molecule has 0 aliphatic heterocycles. The average molecular weight is 226 g/mol. The molecule has 1 aromatic rings. The Morgan fingerprint density at radius 1 is 1.47 bits per heavy atom. The molecule has 1 fully saturated rings. The average Bonchev–Trinajstić information content (AvgIpc) is 2.85. The molecule has 2 N–H and O–H groups in total. The molecule has 6 heteroatoms. The second-order valence-corrected chi connectivity index (χ2v) is 4.81. The molecule has 1 aliphatic rings. The molecule has 0 unspecified atom stereocenters. The van der Waals surface area contributed by atoms with Crippen LogP contribution in [0.5, 0.6) is 0 Å². The fourth-order valence-corrected chi connectivity index (χ4v) is 2.52. The maximum atomic E-state index is 11.9. The van der Waals surface area contributed by atoms with Gasteiger partial charge >= 0.3 is 0 Å². The Labute approximate surface area is 92.3 Å². The van der Waals surface area contributed by atoms with Crippen LogP contribution in [0.1, 0.15) is 35.5 Å². The van der Waals surface area contributed by atoms with Crippen LogP contribution in [0.3, 0.4) is 0 Å². The minimum absolute atomic E-state index is 0.0592. The second kappa shape index (κ2) is 4.14. The van der Waals surface area contributed by atoms with E-state index < -0.39 is 0 Å². The smallest absolute Gasteiger partial charge is 0.284 e. The van der Waals surface area contributed by atoms with Crippen LogP contribution in [-0.2, 0) is 0 Å². The normalized spacial score (nSPS) is 16.9. The lowest BCUT2D eigenvalue weighted by Crippen LogP contribution is -2.35. The summed E-state index contributed by atoms with van der Waals surface area (Å²) in [5, 5.41) is 8.14. The van der Waals surface area contributed by atoms with E-state index in [1.54, 1.807) is 4.90 Å². The predicted molar refractivity (Wildman–Crippen MR) is 58.7 cm³/mol. The zero-order valence-corrected chi connectivity index (χ0v) is 9.46. The van der Waals surface area contributed by atoms with E-state index in [9.17, 15) is 4.79 Å². The van der Waals surface area contributed by atoms with Gasteiger partial charge in [-0.15, -0.1) is 10.2 Å². The lowest BCUT2D eigenvalue weighted by atomic mass is 10.2. The second-order valence-electron chi connectivity index (χ2n) is 3.80. The van der Waals surface area contributed by atoms with Crippen molar-refractivity contribution in [1.82, 2.24) is 15.1 Å². The lowest BCUT2D eigenvalue weighted by Gasteiger charge is -2.22. The number of carbonyl (C=O) groups excluding carboxylic acids is 1. The first-order chi connectivity index (χ1) is 7.18. The van der Waals surface area contributed by atoms with E-state index in [0.29, 0.717) is 16.2 Å². The summed E-state index contributed by atoms with van der Waals surface area (Å²) < 4.78 is 0. The molecule has 0 radical (unpaired) electrons. The summed E-state index contributed by atoms with van der Waals surface area (Å²) >= 11 is 1.15. The molecular weight excluding hydrogens is 212 g/mol. The molecule has 0 atom stereocenters. The summed E-state index contributed by atoms with van der Waals surface area (Å²) in [7, 11) is 1.83. The molecule has 0 saturated heterocycles. The molecule has 2 rings (SSSR count). The number of nitrogens with two attached hydrogens (primary N) is 1. The number of nitrogen functional groups attached to an aromatic ring is 1. The van der Waals surface area contributed by atoms with Crippen molar-refractivity contribution in [3.8, 4) is 0 Å². The summed E-state index contributed by atoms with van der Waals surface area (Å²) in [6.07, 6.45) is 4.61. The Balaban J connectivity index is 2.06. The van der Waals surface area contributed by atoms with Gasteiger partial charge in [0.15, 0.2) is 0 Å². The number of hydrogen-bond acceptors (Lipinski definition) is 5. The van der Waals surface area contributed by atoms with Gasteiger partial charge in [-0.25, -0.2) is 0 Å². The molecule has 1 aromatic heterocycles. The van der Waals surface area contributed by atoms with Gasteiger partial charge in [0.1, 0.15) is 0 Å². The first-order valence-corrected chi connectivity index (χ1v) is 5.86. The number of amides is 1. The van der Waals surface area contributed by atoms with Crippen molar-refractivity contribution < 1.29 is 4.79 Å². The molecule has 1 aliphatic carbocycles. The Bertz CT molecular complexity index is 359. The van der Waals surface area contributed by atoms with Crippen LogP contribution in [0.25, 0.3) is 0 Å². The van der Waals surface area contributed by atoms with E-state index in [4.69, 9.17) is 5.73 Å². The molecule has 0 aromatic carbocycles. The van der Waals surface area contributed by atoms with Gasteiger partial charge in [0, 0.05) is 13.1 Å². The predicted octanol–water partition coefficient (Wildman–Crippen LogP) is 1.13. The SMILES string of the molecule is CN(C(=O)c1nnc(N)s1)C1CCCC1. The van der Waals surface area contributed by atoms with Gasteiger partial charge in [0.2, 0.25) is 10.1 Å². The van der Waals surface area contributed by atoms with Crippen molar-refractivity contribution in [2.75, 3.05) is 12.8 Å². The maximum Gasteiger partial charge on any atom is 0.284 e. The van der Waals surface area contributed by atoms with Crippen LogP contribution < -0.4 is 5.73 Å². The van der Waals surface area contributed by atoms with E-state index in [0.717, 1.165) is 24.2 Å². The van der Waals surface area contributed by atoms with Gasteiger partial charge in [-0.2, -0.15) is 0 Å². The van der Waals surface area contributed by atoms with Crippen molar-refractivity contribution in [2.45, 2.75) is 31.7 Å². The topological polar surface area (TPSA) is 72.1 Å². The summed E-state index contributed by atoms with van der Waals surface area (Å²) in [5.41, 5.74) is 5.44. The van der Waals surface area contributed by atoms with Crippen molar-refractivity contribution in [1.29, 1.82) is 0 Å². The van der Waals surface area contributed by atoms with Gasteiger partial charge < -0.3 is 10.6 Å². The van der Waals surface area contributed by atoms with Gasteiger partial charge in [-0.3, -0.25) is 4.79 Å². The Hall–Kier alpha value is -1.17. The number of rotatable bonds is 2. The summed E-state index contributed by atoms with van der Waals surface area (Å²) in [6.45, 7) is 0. The Kier molecular flexibility index (Phi) is 2.86. The highest BCUT2D eigenvalue weighted by atomic mass is 32.1. The molecule has 0 bridgehead atoms. The Morgan fingerprint density at radius 2 is 2.13 bits per heavy atom. The van der Waals surface area contributed by atoms with E-state index in [2.05, 4.69) is 10.2 Å². The third-order valence-corrected chi connectivity index (χ3v) is 3.56. The van der Waals surface area contributed by atoms with Crippen molar-refractivity contribution in [3.05, 3.63) is 5.01 Å². The minimum Gasteiger partial charge on any atom is -0.374 e. The molecule has 15 heavy (non-hydrogen) atoms. The van der Waals surface area contributed by atoms with E-state index in [1.807, 2.05) is 7.05 Å².